The predicted molar refractivity (Wildman–Crippen MR) is 81.1 cm³/mol. The fraction of sp³-hybridized carbons (Fsp3) is 0.600. The van der Waals surface area contributed by atoms with Crippen molar-refractivity contribution in [3.05, 3.63) is 28.2 Å². The minimum Gasteiger partial charge on any atom is -0.494 e. The Labute approximate surface area is 119 Å². The molecule has 1 aromatic carbocycles. The van der Waals surface area contributed by atoms with E-state index in [0.717, 1.165) is 36.0 Å². The van der Waals surface area contributed by atoms with Gasteiger partial charge in [-0.3, -0.25) is 0 Å². The van der Waals surface area contributed by atoms with E-state index in [4.69, 9.17) is 10.5 Å². The zero-order chi connectivity index (χ0) is 13.6. The molecule has 1 aromatic rings. The second-order valence-electron chi connectivity index (χ2n) is 5.39. The summed E-state index contributed by atoms with van der Waals surface area (Å²) in [5.41, 5.74) is 7.22. The van der Waals surface area contributed by atoms with Crippen LogP contribution in [0.25, 0.3) is 0 Å². The van der Waals surface area contributed by atoms with Gasteiger partial charge >= 0.3 is 0 Å². The zero-order valence-corrected chi connectivity index (χ0v) is 13.2. The molecule has 0 radical (unpaired) electrons. The molecule has 0 fully saturated rings. The highest BCUT2D eigenvalue weighted by Gasteiger charge is 2.17. The monoisotopic (exact) mass is 313 g/mol. The molecule has 1 rings (SSSR count). The molecule has 2 N–H and O–H groups in total. The van der Waals surface area contributed by atoms with Crippen LogP contribution in [-0.2, 0) is 6.42 Å². The van der Waals surface area contributed by atoms with E-state index in [1.54, 1.807) is 0 Å². The number of hydrogen-bond donors (Lipinski definition) is 1. The fourth-order valence-corrected chi connectivity index (χ4v) is 2.44. The second-order valence-corrected chi connectivity index (χ2v) is 6.30. The van der Waals surface area contributed by atoms with E-state index in [1.165, 1.54) is 5.56 Å². The molecule has 102 valence electrons. The van der Waals surface area contributed by atoms with E-state index in [2.05, 4.69) is 35.8 Å². The van der Waals surface area contributed by atoms with Crippen molar-refractivity contribution in [2.75, 3.05) is 13.2 Å². The van der Waals surface area contributed by atoms with Crippen molar-refractivity contribution < 1.29 is 4.74 Å². The lowest BCUT2D eigenvalue weighted by Gasteiger charge is -2.24. The molecule has 0 aliphatic carbocycles. The van der Waals surface area contributed by atoms with Crippen LogP contribution in [0.15, 0.2) is 22.7 Å². The lowest BCUT2D eigenvalue weighted by atomic mass is 9.83. The molecule has 0 bridgehead atoms. The van der Waals surface area contributed by atoms with Crippen LogP contribution in [0.4, 0.5) is 0 Å². The Kier molecular flexibility index (Phi) is 6.16. The van der Waals surface area contributed by atoms with Crippen molar-refractivity contribution in [3.8, 4) is 5.75 Å². The standard InChI is InChI=1S/C15H24BrNO/c1-4-18-14-6-5-13(16)11-12(14)7-8-15(2,3)9-10-17/h5-6,11H,4,7-10,17H2,1-3H3. The van der Waals surface area contributed by atoms with Gasteiger partial charge in [-0.05, 0) is 61.9 Å². The van der Waals surface area contributed by atoms with E-state index in [-0.39, 0.29) is 0 Å². The molecule has 0 aliphatic heterocycles. The van der Waals surface area contributed by atoms with Crippen LogP contribution in [0, 0.1) is 5.41 Å². The van der Waals surface area contributed by atoms with Crippen LogP contribution in [0.1, 0.15) is 39.2 Å². The topological polar surface area (TPSA) is 35.2 Å². The summed E-state index contributed by atoms with van der Waals surface area (Å²) in [5.74, 6) is 1.00. The van der Waals surface area contributed by atoms with Gasteiger partial charge in [0.25, 0.3) is 0 Å². The maximum atomic E-state index is 5.67. The van der Waals surface area contributed by atoms with Gasteiger partial charge in [-0.25, -0.2) is 0 Å². The third-order valence-corrected chi connectivity index (χ3v) is 3.71. The number of halogens is 1. The lowest BCUT2D eigenvalue weighted by molar-refractivity contribution is 0.305. The maximum Gasteiger partial charge on any atom is 0.122 e. The van der Waals surface area contributed by atoms with Gasteiger partial charge in [-0.1, -0.05) is 29.8 Å². The quantitative estimate of drug-likeness (QED) is 0.820. The molecule has 0 aromatic heterocycles. The number of benzene rings is 1. The van der Waals surface area contributed by atoms with Crippen LogP contribution in [0.2, 0.25) is 0 Å². The molecule has 0 spiro atoms. The Hall–Kier alpha value is -0.540. The van der Waals surface area contributed by atoms with Gasteiger partial charge in [-0.2, -0.15) is 0 Å². The van der Waals surface area contributed by atoms with Crippen molar-refractivity contribution in [3.63, 3.8) is 0 Å². The Bertz CT molecular complexity index is 377. The van der Waals surface area contributed by atoms with Crippen LogP contribution in [0.5, 0.6) is 5.75 Å². The number of rotatable bonds is 7. The molecular weight excluding hydrogens is 290 g/mol. The van der Waals surface area contributed by atoms with Crippen LogP contribution in [0.3, 0.4) is 0 Å². The van der Waals surface area contributed by atoms with Gasteiger partial charge in [-0.15, -0.1) is 0 Å². The molecule has 18 heavy (non-hydrogen) atoms. The Morgan fingerprint density at radius 2 is 2.00 bits per heavy atom. The highest BCUT2D eigenvalue weighted by atomic mass is 79.9. The number of ether oxygens (including phenoxy) is 1. The first-order valence-corrected chi connectivity index (χ1v) is 7.39. The smallest absolute Gasteiger partial charge is 0.122 e. The summed E-state index contributed by atoms with van der Waals surface area (Å²) in [5, 5.41) is 0. The fourth-order valence-electron chi connectivity index (χ4n) is 2.03. The average molecular weight is 314 g/mol. The summed E-state index contributed by atoms with van der Waals surface area (Å²) in [7, 11) is 0. The third kappa shape index (κ3) is 4.99. The van der Waals surface area contributed by atoms with E-state index < -0.39 is 0 Å². The minimum atomic E-state index is 0.292. The van der Waals surface area contributed by atoms with E-state index >= 15 is 0 Å². The lowest BCUT2D eigenvalue weighted by Crippen LogP contribution is -2.18. The highest BCUT2D eigenvalue weighted by molar-refractivity contribution is 9.10. The largest absolute Gasteiger partial charge is 0.494 e. The van der Waals surface area contributed by atoms with E-state index in [1.807, 2.05) is 19.1 Å². The number of hydrogen-bond acceptors (Lipinski definition) is 2. The van der Waals surface area contributed by atoms with Crippen LogP contribution in [-0.4, -0.2) is 13.2 Å². The zero-order valence-electron chi connectivity index (χ0n) is 11.6. The molecule has 0 saturated heterocycles. The SMILES string of the molecule is CCOc1ccc(Br)cc1CCC(C)(C)CCN. The molecule has 2 nitrogen and oxygen atoms in total. The van der Waals surface area contributed by atoms with Gasteiger partial charge < -0.3 is 10.5 Å². The predicted octanol–water partition coefficient (Wildman–Crippen LogP) is 4.16. The maximum absolute atomic E-state index is 5.67. The molecule has 0 atom stereocenters. The summed E-state index contributed by atoms with van der Waals surface area (Å²) >= 11 is 3.52. The molecule has 3 heteroatoms. The summed E-state index contributed by atoms with van der Waals surface area (Å²) in [4.78, 5) is 0. The summed E-state index contributed by atoms with van der Waals surface area (Å²) in [6, 6.07) is 6.22. The summed E-state index contributed by atoms with van der Waals surface area (Å²) in [6.45, 7) is 8.03. The normalized spacial score (nSPS) is 11.6. The molecule has 0 amide bonds. The molecular formula is C15H24BrNO. The Balaban J connectivity index is 2.73. The van der Waals surface area contributed by atoms with Crippen LogP contribution < -0.4 is 10.5 Å². The first-order chi connectivity index (χ1) is 8.48. The Morgan fingerprint density at radius 3 is 2.61 bits per heavy atom. The van der Waals surface area contributed by atoms with E-state index in [9.17, 15) is 0 Å². The van der Waals surface area contributed by atoms with Gasteiger partial charge in [0.1, 0.15) is 5.75 Å². The second kappa shape index (κ2) is 7.15. The van der Waals surface area contributed by atoms with Crippen molar-refractivity contribution >= 4 is 15.9 Å². The number of aryl methyl sites for hydroxylation is 1. The Morgan fingerprint density at radius 1 is 1.28 bits per heavy atom. The average Bonchev–Trinajstić information content (AvgIpc) is 2.30. The molecule has 0 heterocycles. The van der Waals surface area contributed by atoms with E-state index in [0.29, 0.717) is 12.0 Å². The molecule has 0 aliphatic rings. The first kappa shape index (κ1) is 15.5. The number of nitrogens with two attached hydrogens (primary N) is 1. The summed E-state index contributed by atoms with van der Waals surface area (Å²) < 4.78 is 6.78. The van der Waals surface area contributed by atoms with Crippen molar-refractivity contribution in [2.45, 2.75) is 40.0 Å². The first-order valence-electron chi connectivity index (χ1n) is 6.60. The van der Waals surface area contributed by atoms with Crippen molar-refractivity contribution in [1.82, 2.24) is 0 Å². The van der Waals surface area contributed by atoms with Crippen LogP contribution >= 0.6 is 15.9 Å². The van der Waals surface area contributed by atoms with Crippen molar-refractivity contribution in [2.24, 2.45) is 11.1 Å². The van der Waals surface area contributed by atoms with Crippen molar-refractivity contribution in [1.29, 1.82) is 0 Å². The van der Waals surface area contributed by atoms with Gasteiger partial charge in [0, 0.05) is 4.47 Å². The van der Waals surface area contributed by atoms with Gasteiger partial charge in [0.15, 0.2) is 0 Å². The minimum absolute atomic E-state index is 0.292. The van der Waals surface area contributed by atoms with Gasteiger partial charge in [0.2, 0.25) is 0 Å². The highest BCUT2D eigenvalue weighted by Crippen LogP contribution is 2.30. The molecule has 0 unspecified atom stereocenters. The summed E-state index contributed by atoms with van der Waals surface area (Å²) in [6.07, 6.45) is 3.22. The molecule has 0 saturated carbocycles. The third-order valence-electron chi connectivity index (χ3n) is 3.21. The van der Waals surface area contributed by atoms with Gasteiger partial charge in [0.05, 0.1) is 6.61 Å².